The van der Waals surface area contributed by atoms with E-state index in [1.807, 2.05) is 12.1 Å². The molecule has 4 heteroatoms. The Morgan fingerprint density at radius 1 is 1.05 bits per heavy atom. The zero-order valence-corrected chi connectivity index (χ0v) is 13.3. The van der Waals surface area contributed by atoms with Crippen molar-refractivity contribution in [2.75, 3.05) is 0 Å². The lowest BCUT2D eigenvalue weighted by Gasteiger charge is -2.32. The van der Waals surface area contributed by atoms with E-state index in [1.165, 1.54) is 5.56 Å². The van der Waals surface area contributed by atoms with E-state index < -0.39 is 7.12 Å². The van der Waals surface area contributed by atoms with Crippen molar-refractivity contribution >= 4 is 24.2 Å². The molecule has 0 bridgehead atoms. The second-order valence-corrected chi connectivity index (χ2v) is 6.89. The Hall–Kier alpha value is -0.505. The first kappa shape index (κ1) is 14.9. The van der Waals surface area contributed by atoms with Crippen molar-refractivity contribution in [1.82, 2.24) is 0 Å². The molecule has 104 valence electrons. The normalized spacial score (nSPS) is 21.2. The van der Waals surface area contributed by atoms with E-state index in [9.17, 15) is 0 Å². The molecule has 0 unspecified atom stereocenters. The van der Waals surface area contributed by atoms with E-state index in [0.717, 1.165) is 5.46 Å². The largest absolute Gasteiger partial charge is 0.496 e. The van der Waals surface area contributed by atoms with Crippen LogP contribution in [0.5, 0.6) is 0 Å². The van der Waals surface area contributed by atoms with Gasteiger partial charge in [0.1, 0.15) is 0 Å². The van der Waals surface area contributed by atoms with Crippen molar-refractivity contribution < 1.29 is 9.31 Å². The van der Waals surface area contributed by atoms with E-state index in [0.29, 0.717) is 10.9 Å². The maximum Gasteiger partial charge on any atom is 0.496 e. The molecule has 0 amide bonds. The van der Waals surface area contributed by atoms with E-state index in [4.69, 9.17) is 20.9 Å². The molecule has 0 N–H and O–H groups in total. The third-order valence-corrected chi connectivity index (χ3v) is 4.53. The maximum absolute atomic E-state index is 6.38. The molecule has 1 aliphatic heterocycles. The molecule has 2 nitrogen and oxygen atoms in total. The van der Waals surface area contributed by atoms with Gasteiger partial charge in [-0.2, -0.15) is 0 Å². The van der Waals surface area contributed by atoms with Crippen LogP contribution in [0.15, 0.2) is 18.2 Å². The van der Waals surface area contributed by atoms with Gasteiger partial charge in [-0.05, 0) is 45.2 Å². The van der Waals surface area contributed by atoms with Crippen molar-refractivity contribution in [3.8, 4) is 0 Å². The molecule has 0 aliphatic carbocycles. The minimum absolute atomic E-state index is 0.342. The van der Waals surface area contributed by atoms with Gasteiger partial charge in [0.15, 0.2) is 0 Å². The molecular weight excluding hydrogens is 258 g/mol. The van der Waals surface area contributed by atoms with Gasteiger partial charge in [-0.25, -0.2) is 0 Å². The van der Waals surface area contributed by atoms with Crippen molar-refractivity contribution in [2.45, 2.75) is 58.7 Å². The molecule has 0 aromatic heterocycles. The molecule has 19 heavy (non-hydrogen) atoms. The lowest BCUT2D eigenvalue weighted by atomic mass is 9.73. The molecule has 1 aliphatic rings. The van der Waals surface area contributed by atoms with Gasteiger partial charge in [-0.15, -0.1) is 0 Å². The van der Waals surface area contributed by atoms with E-state index in [2.05, 4.69) is 47.6 Å². The quantitative estimate of drug-likeness (QED) is 0.768. The number of benzene rings is 1. The highest BCUT2D eigenvalue weighted by Gasteiger charge is 2.52. The van der Waals surface area contributed by atoms with E-state index >= 15 is 0 Å². The zero-order chi connectivity index (χ0) is 14.4. The minimum Gasteiger partial charge on any atom is -0.399 e. The summed E-state index contributed by atoms with van der Waals surface area (Å²) in [5.74, 6) is 0.382. The summed E-state index contributed by atoms with van der Waals surface area (Å²) in [5.41, 5.74) is 1.47. The van der Waals surface area contributed by atoms with Crippen LogP contribution in [0.25, 0.3) is 0 Å². The zero-order valence-electron chi connectivity index (χ0n) is 12.6. The van der Waals surface area contributed by atoms with Gasteiger partial charge in [0.05, 0.1) is 11.2 Å². The van der Waals surface area contributed by atoms with Crippen LogP contribution in [-0.4, -0.2) is 18.3 Å². The Bertz CT molecular complexity index is 467. The van der Waals surface area contributed by atoms with Gasteiger partial charge >= 0.3 is 7.12 Å². The summed E-state index contributed by atoms with van der Waals surface area (Å²) in [6, 6.07) is 5.97. The molecule has 0 atom stereocenters. The van der Waals surface area contributed by atoms with Crippen LogP contribution >= 0.6 is 11.6 Å². The van der Waals surface area contributed by atoms with Gasteiger partial charge in [0.2, 0.25) is 0 Å². The van der Waals surface area contributed by atoms with Crippen LogP contribution in [0, 0.1) is 0 Å². The summed E-state index contributed by atoms with van der Waals surface area (Å²) in [6.45, 7) is 12.5. The average Bonchev–Trinajstić information content (AvgIpc) is 2.47. The first-order chi connectivity index (χ1) is 8.66. The predicted octanol–water partition coefficient (Wildman–Crippen LogP) is 3.76. The monoisotopic (exact) mass is 280 g/mol. The standard InChI is InChI=1S/C15H22BClO2/c1-10(2)11-8-7-9-12(17)13(11)16-18-14(3,4)15(5,6)19-16/h7-10H,1-6H3. The second-order valence-electron chi connectivity index (χ2n) is 6.49. The molecule has 0 radical (unpaired) electrons. The lowest BCUT2D eigenvalue weighted by molar-refractivity contribution is 0.00578. The van der Waals surface area contributed by atoms with Crippen molar-refractivity contribution in [3.63, 3.8) is 0 Å². The Kier molecular flexibility index (Phi) is 3.76. The maximum atomic E-state index is 6.38. The Balaban J connectivity index is 2.45. The van der Waals surface area contributed by atoms with Gasteiger partial charge in [-0.1, -0.05) is 37.6 Å². The molecule has 1 aromatic carbocycles. The topological polar surface area (TPSA) is 18.5 Å². The third-order valence-electron chi connectivity index (χ3n) is 4.20. The summed E-state index contributed by atoms with van der Waals surface area (Å²) in [7, 11) is -0.393. The van der Waals surface area contributed by atoms with Crippen LogP contribution in [0.4, 0.5) is 0 Å². The van der Waals surface area contributed by atoms with Crippen LogP contribution in [0.1, 0.15) is 53.0 Å². The van der Waals surface area contributed by atoms with Gasteiger partial charge < -0.3 is 9.31 Å². The van der Waals surface area contributed by atoms with E-state index in [-0.39, 0.29) is 11.2 Å². The number of halogens is 1. The predicted molar refractivity (Wildman–Crippen MR) is 81.3 cm³/mol. The average molecular weight is 281 g/mol. The number of hydrogen-bond acceptors (Lipinski definition) is 2. The summed E-state index contributed by atoms with van der Waals surface area (Å²) in [5, 5.41) is 0.713. The van der Waals surface area contributed by atoms with Gasteiger partial charge in [0.25, 0.3) is 0 Å². The van der Waals surface area contributed by atoms with Crippen molar-refractivity contribution in [3.05, 3.63) is 28.8 Å². The first-order valence-electron chi connectivity index (χ1n) is 6.79. The molecule has 0 saturated carbocycles. The van der Waals surface area contributed by atoms with E-state index in [1.54, 1.807) is 0 Å². The summed E-state index contributed by atoms with van der Waals surface area (Å²) < 4.78 is 12.2. The van der Waals surface area contributed by atoms with Gasteiger partial charge in [0, 0.05) is 10.5 Å². The number of hydrogen-bond donors (Lipinski definition) is 0. The Labute approximate surface area is 121 Å². The van der Waals surface area contributed by atoms with Crippen LogP contribution in [0.3, 0.4) is 0 Å². The molecule has 1 fully saturated rings. The fraction of sp³-hybridized carbons (Fsp3) is 0.600. The molecule has 1 saturated heterocycles. The lowest BCUT2D eigenvalue weighted by Crippen LogP contribution is -2.41. The van der Waals surface area contributed by atoms with Crippen LogP contribution < -0.4 is 5.46 Å². The fourth-order valence-electron chi connectivity index (χ4n) is 2.27. The Morgan fingerprint density at radius 2 is 1.58 bits per heavy atom. The minimum atomic E-state index is -0.393. The second kappa shape index (κ2) is 4.80. The summed E-state index contributed by atoms with van der Waals surface area (Å²) in [6.07, 6.45) is 0. The fourth-order valence-corrected chi connectivity index (χ4v) is 2.54. The van der Waals surface area contributed by atoms with Crippen LogP contribution in [0.2, 0.25) is 5.02 Å². The first-order valence-corrected chi connectivity index (χ1v) is 7.17. The molecule has 0 spiro atoms. The molecule has 2 rings (SSSR count). The Morgan fingerprint density at radius 3 is 2.05 bits per heavy atom. The highest BCUT2D eigenvalue weighted by molar-refractivity contribution is 6.66. The molecule has 1 heterocycles. The highest BCUT2D eigenvalue weighted by atomic mass is 35.5. The van der Waals surface area contributed by atoms with Gasteiger partial charge in [-0.3, -0.25) is 0 Å². The third kappa shape index (κ3) is 2.56. The highest BCUT2D eigenvalue weighted by Crippen LogP contribution is 2.37. The van der Waals surface area contributed by atoms with Crippen molar-refractivity contribution in [1.29, 1.82) is 0 Å². The molecular formula is C15H22BClO2. The van der Waals surface area contributed by atoms with Crippen molar-refractivity contribution in [2.24, 2.45) is 0 Å². The SMILES string of the molecule is CC(C)c1cccc(Cl)c1B1OC(C)(C)C(C)(C)O1. The number of rotatable bonds is 2. The smallest absolute Gasteiger partial charge is 0.399 e. The van der Waals surface area contributed by atoms with Crippen LogP contribution in [-0.2, 0) is 9.31 Å². The summed E-state index contributed by atoms with van der Waals surface area (Å²) in [4.78, 5) is 0. The molecule has 1 aromatic rings. The summed E-state index contributed by atoms with van der Waals surface area (Å²) >= 11 is 6.38.